The number of rotatable bonds is 7. The van der Waals surface area contributed by atoms with Crippen LogP contribution in [0.2, 0.25) is 0 Å². The van der Waals surface area contributed by atoms with Gasteiger partial charge < -0.3 is 10.1 Å². The lowest BCUT2D eigenvalue weighted by Gasteiger charge is -2.15. The molecule has 0 aromatic carbocycles. The highest BCUT2D eigenvalue weighted by atomic mass is 19.3. The fraction of sp³-hybridized carbons (Fsp3) is 0.700. The zero-order valence-corrected chi connectivity index (χ0v) is 9.49. The lowest BCUT2D eigenvalue weighted by atomic mass is 10.2. The molecule has 4 nitrogen and oxygen atoms in total. The highest BCUT2D eigenvalue weighted by Gasteiger charge is 2.09. The highest BCUT2D eigenvalue weighted by Crippen LogP contribution is 2.10. The molecule has 0 aliphatic carbocycles. The maximum atomic E-state index is 12.1. The van der Waals surface area contributed by atoms with E-state index in [9.17, 15) is 8.78 Å². The molecule has 0 saturated heterocycles. The topological polar surface area (TPSA) is 39.1 Å². The Morgan fingerprint density at radius 3 is 2.88 bits per heavy atom. The third-order valence-electron chi connectivity index (χ3n) is 2.19. The number of alkyl halides is 2. The summed E-state index contributed by atoms with van der Waals surface area (Å²) >= 11 is 0. The Kier molecular flexibility index (Phi) is 5.18. The van der Waals surface area contributed by atoms with E-state index in [1.54, 1.807) is 19.5 Å². The minimum atomic E-state index is -2.38. The molecule has 0 fully saturated rings. The number of aromatic nitrogens is 2. The minimum absolute atomic E-state index is 0.175. The number of halogens is 2. The van der Waals surface area contributed by atoms with Gasteiger partial charge in [-0.1, -0.05) is 6.92 Å². The highest BCUT2D eigenvalue weighted by molar-refractivity contribution is 5.39. The molecule has 1 heterocycles. The summed E-state index contributed by atoms with van der Waals surface area (Å²) in [4.78, 5) is 0. The molecule has 1 aromatic rings. The molecule has 0 saturated carbocycles. The SMILES string of the molecule is CCC(COC)Nc1cnn(CC(F)F)c1. The van der Waals surface area contributed by atoms with E-state index in [0.29, 0.717) is 6.61 Å². The molecule has 0 radical (unpaired) electrons. The fourth-order valence-electron chi connectivity index (χ4n) is 1.38. The van der Waals surface area contributed by atoms with E-state index in [-0.39, 0.29) is 12.6 Å². The first-order valence-electron chi connectivity index (χ1n) is 5.21. The first kappa shape index (κ1) is 12.9. The number of nitrogens with one attached hydrogen (secondary N) is 1. The summed E-state index contributed by atoms with van der Waals surface area (Å²) in [5, 5.41) is 7.01. The Morgan fingerprint density at radius 1 is 1.56 bits per heavy atom. The minimum Gasteiger partial charge on any atom is -0.383 e. The third kappa shape index (κ3) is 4.14. The Morgan fingerprint density at radius 2 is 2.31 bits per heavy atom. The van der Waals surface area contributed by atoms with Crippen LogP contribution in [0.15, 0.2) is 12.4 Å². The molecule has 92 valence electrons. The van der Waals surface area contributed by atoms with Crippen LogP contribution in [0.5, 0.6) is 0 Å². The van der Waals surface area contributed by atoms with Crippen LogP contribution in [-0.4, -0.2) is 36.0 Å². The summed E-state index contributed by atoms with van der Waals surface area (Å²) < 4.78 is 30.4. The number of methoxy groups -OCH3 is 1. The Bertz CT molecular complexity index is 304. The third-order valence-corrected chi connectivity index (χ3v) is 2.19. The molecule has 1 N–H and O–H groups in total. The standard InChI is InChI=1S/C10H17F2N3O/c1-3-8(7-16-2)14-9-4-13-15(5-9)6-10(11)12/h4-5,8,10,14H,3,6-7H2,1-2H3. The molecular weight excluding hydrogens is 216 g/mol. The van der Waals surface area contributed by atoms with Gasteiger partial charge in [-0.05, 0) is 6.42 Å². The average molecular weight is 233 g/mol. The summed E-state index contributed by atoms with van der Waals surface area (Å²) in [6, 6.07) is 0.175. The number of ether oxygens (including phenoxy) is 1. The van der Waals surface area contributed by atoms with Crippen LogP contribution >= 0.6 is 0 Å². The summed E-state index contributed by atoms with van der Waals surface area (Å²) in [7, 11) is 1.63. The predicted molar refractivity (Wildman–Crippen MR) is 57.8 cm³/mol. The van der Waals surface area contributed by atoms with E-state index in [4.69, 9.17) is 4.74 Å². The number of nitrogens with zero attached hydrogens (tertiary/aromatic N) is 2. The summed E-state index contributed by atoms with van der Waals surface area (Å²) in [5.41, 5.74) is 0.740. The van der Waals surface area contributed by atoms with Crippen LogP contribution in [0.3, 0.4) is 0 Å². The van der Waals surface area contributed by atoms with Crippen molar-refractivity contribution in [2.45, 2.75) is 32.4 Å². The zero-order valence-electron chi connectivity index (χ0n) is 9.49. The van der Waals surface area contributed by atoms with Gasteiger partial charge >= 0.3 is 0 Å². The predicted octanol–water partition coefficient (Wildman–Crippen LogP) is 1.99. The van der Waals surface area contributed by atoms with Crippen molar-refractivity contribution >= 4 is 5.69 Å². The first-order valence-corrected chi connectivity index (χ1v) is 5.21. The maximum absolute atomic E-state index is 12.1. The molecule has 1 atom stereocenters. The van der Waals surface area contributed by atoms with Crippen molar-refractivity contribution in [3.05, 3.63) is 12.4 Å². The van der Waals surface area contributed by atoms with Crippen LogP contribution in [0.1, 0.15) is 13.3 Å². The van der Waals surface area contributed by atoms with Crippen LogP contribution in [0.4, 0.5) is 14.5 Å². The molecule has 0 aliphatic rings. The largest absolute Gasteiger partial charge is 0.383 e. The average Bonchev–Trinajstić information content (AvgIpc) is 2.64. The summed E-state index contributed by atoms with van der Waals surface area (Å²) in [6.45, 7) is 2.24. The quantitative estimate of drug-likeness (QED) is 0.782. The monoisotopic (exact) mass is 233 g/mol. The van der Waals surface area contributed by atoms with E-state index in [1.807, 2.05) is 6.92 Å². The van der Waals surface area contributed by atoms with Crippen LogP contribution in [0, 0.1) is 0 Å². The second-order valence-electron chi connectivity index (χ2n) is 3.55. The fourth-order valence-corrected chi connectivity index (χ4v) is 1.38. The van der Waals surface area contributed by atoms with E-state index in [0.717, 1.165) is 12.1 Å². The van der Waals surface area contributed by atoms with Crippen molar-refractivity contribution in [3.63, 3.8) is 0 Å². The van der Waals surface area contributed by atoms with Crippen molar-refractivity contribution in [1.82, 2.24) is 9.78 Å². The van der Waals surface area contributed by atoms with Crippen molar-refractivity contribution in [1.29, 1.82) is 0 Å². The van der Waals surface area contributed by atoms with E-state index >= 15 is 0 Å². The van der Waals surface area contributed by atoms with Gasteiger partial charge in [-0.3, -0.25) is 4.68 Å². The van der Waals surface area contributed by atoms with Crippen LogP contribution in [0.25, 0.3) is 0 Å². The van der Waals surface area contributed by atoms with Gasteiger partial charge in [0.1, 0.15) is 6.54 Å². The number of anilines is 1. The second kappa shape index (κ2) is 6.42. The second-order valence-corrected chi connectivity index (χ2v) is 3.55. The summed E-state index contributed by atoms with van der Waals surface area (Å²) in [5.74, 6) is 0. The smallest absolute Gasteiger partial charge is 0.257 e. The van der Waals surface area contributed by atoms with Crippen molar-refractivity contribution in [2.75, 3.05) is 19.0 Å². The van der Waals surface area contributed by atoms with Crippen LogP contribution in [-0.2, 0) is 11.3 Å². The number of hydrogen-bond donors (Lipinski definition) is 1. The maximum Gasteiger partial charge on any atom is 0.257 e. The van der Waals surface area contributed by atoms with Crippen molar-refractivity contribution in [2.24, 2.45) is 0 Å². The molecule has 0 bridgehead atoms. The molecule has 1 rings (SSSR count). The molecule has 0 spiro atoms. The normalized spacial score (nSPS) is 13.1. The van der Waals surface area contributed by atoms with E-state index < -0.39 is 6.43 Å². The summed E-state index contributed by atoms with van der Waals surface area (Å²) in [6.07, 6.45) is 1.63. The molecule has 1 aromatic heterocycles. The molecule has 1 unspecified atom stereocenters. The van der Waals surface area contributed by atoms with Crippen molar-refractivity contribution in [3.8, 4) is 0 Å². The van der Waals surface area contributed by atoms with Gasteiger partial charge in [-0.25, -0.2) is 8.78 Å². The molecule has 6 heteroatoms. The number of hydrogen-bond acceptors (Lipinski definition) is 3. The lowest BCUT2D eigenvalue weighted by Crippen LogP contribution is -2.23. The van der Waals surface area contributed by atoms with Gasteiger partial charge in [-0.15, -0.1) is 0 Å². The molecule has 0 amide bonds. The first-order chi connectivity index (χ1) is 7.65. The zero-order chi connectivity index (χ0) is 12.0. The van der Waals surface area contributed by atoms with E-state index in [2.05, 4.69) is 10.4 Å². The van der Waals surface area contributed by atoms with Crippen molar-refractivity contribution < 1.29 is 13.5 Å². The van der Waals surface area contributed by atoms with E-state index in [1.165, 1.54) is 4.68 Å². The lowest BCUT2D eigenvalue weighted by molar-refractivity contribution is 0.122. The van der Waals surface area contributed by atoms with Gasteiger partial charge in [0.25, 0.3) is 6.43 Å². The van der Waals surface area contributed by atoms with Gasteiger partial charge in [0.15, 0.2) is 0 Å². The van der Waals surface area contributed by atoms with Gasteiger partial charge in [-0.2, -0.15) is 5.10 Å². The van der Waals surface area contributed by atoms with Crippen LogP contribution < -0.4 is 5.32 Å². The van der Waals surface area contributed by atoms with Gasteiger partial charge in [0.2, 0.25) is 0 Å². The molecule has 16 heavy (non-hydrogen) atoms. The van der Waals surface area contributed by atoms with Gasteiger partial charge in [0, 0.05) is 19.3 Å². The Hall–Kier alpha value is -1.17. The molecule has 0 aliphatic heterocycles. The Labute approximate surface area is 93.6 Å². The molecular formula is C10H17F2N3O. The van der Waals surface area contributed by atoms with Gasteiger partial charge in [0.05, 0.1) is 18.5 Å². The Balaban J connectivity index is 2.50.